The minimum atomic E-state index is -0.434. The van der Waals surface area contributed by atoms with E-state index >= 15 is 0 Å². The third-order valence-electron chi connectivity index (χ3n) is 5.25. The van der Waals surface area contributed by atoms with Crippen molar-refractivity contribution < 1.29 is 9.53 Å². The topological polar surface area (TPSA) is 60.3 Å². The van der Waals surface area contributed by atoms with E-state index in [0.717, 1.165) is 40.9 Å². The molecule has 2 aromatic heterocycles. The number of carbonyl (C=O) groups excluding carboxylic acids is 1. The predicted molar refractivity (Wildman–Crippen MR) is 113 cm³/mol. The number of aromatic nitrogens is 3. The van der Waals surface area contributed by atoms with Crippen LogP contribution in [0.1, 0.15) is 32.0 Å². The molecule has 1 aliphatic carbocycles. The summed E-state index contributed by atoms with van der Waals surface area (Å²) in [5, 5.41) is 5.47. The Bertz CT molecular complexity index is 1070. The van der Waals surface area contributed by atoms with Crippen molar-refractivity contribution in [2.75, 3.05) is 7.05 Å². The van der Waals surface area contributed by atoms with E-state index in [0.29, 0.717) is 10.9 Å². The van der Waals surface area contributed by atoms with Crippen LogP contribution in [-0.4, -0.2) is 38.3 Å². The number of aryl methyl sites for hydroxylation is 2. The Morgan fingerprint density at radius 3 is 2.59 bits per heavy atom. The summed E-state index contributed by atoms with van der Waals surface area (Å²) in [7, 11) is 1.73. The molecule has 0 unspecified atom stereocenters. The van der Waals surface area contributed by atoms with Gasteiger partial charge in [-0.05, 0) is 69.0 Å². The zero-order valence-corrected chi connectivity index (χ0v) is 17.7. The Hall–Kier alpha value is -2.86. The van der Waals surface area contributed by atoms with E-state index in [4.69, 9.17) is 21.4 Å². The standard InChI is InChI=1S/C22H23ClN4O2/c1-22(2,3)26(4)21(28)29-20-19-17-7-6-15(23)13-14(17)5-8-18(19)25-27(20)16-9-11-24-12-10-16/h6-7,9-13H,5,8H2,1-4H3. The minimum Gasteiger partial charge on any atom is -0.390 e. The molecule has 0 spiro atoms. The Morgan fingerprint density at radius 2 is 1.90 bits per heavy atom. The summed E-state index contributed by atoms with van der Waals surface area (Å²) < 4.78 is 7.63. The van der Waals surface area contributed by atoms with Crippen LogP contribution in [0.3, 0.4) is 0 Å². The van der Waals surface area contributed by atoms with Gasteiger partial charge in [-0.15, -0.1) is 0 Å². The first kappa shape index (κ1) is 19.5. The lowest BCUT2D eigenvalue weighted by atomic mass is 9.90. The van der Waals surface area contributed by atoms with Crippen molar-refractivity contribution in [1.82, 2.24) is 19.7 Å². The molecule has 29 heavy (non-hydrogen) atoms. The number of amides is 1. The normalized spacial score (nSPS) is 12.9. The van der Waals surface area contributed by atoms with Crippen molar-refractivity contribution in [2.24, 2.45) is 0 Å². The van der Waals surface area contributed by atoms with Gasteiger partial charge in [0.25, 0.3) is 0 Å². The quantitative estimate of drug-likeness (QED) is 0.601. The van der Waals surface area contributed by atoms with Crippen LogP contribution >= 0.6 is 11.6 Å². The molecule has 1 aromatic carbocycles. The second-order valence-corrected chi connectivity index (χ2v) is 8.58. The van der Waals surface area contributed by atoms with E-state index in [-0.39, 0.29) is 5.54 Å². The summed E-state index contributed by atoms with van der Waals surface area (Å²) in [4.78, 5) is 18.6. The molecule has 0 saturated heterocycles. The summed E-state index contributed by atoms with van der Waals surface area (Å²) >= 11 is 6.20. The lowest BCUT2D eigenvalue weighted by Gasteiger charge is -2.31. The molecule has 3 aromatic rings. The molecule has 0 N–H and O–H groups in total. The highest BCUT2D eigenvalue weighted by molar-refractivity contribution is 6.30. The van der Waals surface area contributed by atoms with Gasteiger partial charge in [0, 0.05) is 30.0 Å². The van der Waals surface area contributed by atoms with E-state index in [1.54, 1.807) is 29.0 Å². The molecule has 1 aliphatic rings. The molecule has 150 valence electrons. The molecule has 0 radical (unpaired) electrons. The molecule has 1 amide bonds. The van der Waals surface area contributed by atoms with Crippen molar-refractivity contribution in [3.8, 4) is 22.7 Å². The largest absolute Gasteiger partial charge is 0.416 e. The van der Waals surface area contributed by atoms with Crippen molar-refractivity contribution in [3.05, 3.63) is 59.0 Å². The molecule has 4 rings (SSSR count). The molecule has 0 aliphatic heterocycles. The maximum absolute atomic E-state index is 12.9. The lowest BCUT2D eigenvalue weighted by molar-refractivity contribution is 0.122. The van der Waals surface area contributed by atoms with Gasteiger partial charge in [0.1, 0.15) is 0 Å². The maximum atomic E-state index is 12.9. The van der Waals surface area contributed by atoms with E-state index in [1.165, 1.54) is 0 Å². The number of hydrogen-bond donors (Lipinski definition) is 0. The smallest absolute Gasteiger partial charge is 0.390 e. The number of hydrogen-bond acceptors (Lipinski definition) is 4. The van der Waals surface area contributed by atoms with Gasteiger partial charge in [-0.25, -0.2) is 4.79 Å². The first-order valence-corrected chi connectivity index (χ1v) is 9.90. The number of halogens is 1. The van der Waals surface area contributed by atoms with E-state index < -0.39 is 6.09 Å². The number of carbonyl (C=O) groups is 1. The third kappa shape index (κ3) is 3.60. The summed E-state index contributed by atoms with van der Waals surface area (Å²) in [5.41, 5.74) is 4.28. The van der Waals surface area contributed by atoms with Gasteiger partial charge >= 0.3 is 6.09 Å². The highest BCUT2D eigenvalue weighted by atomic mass is 35.5. The van der Waals surface area contributed by atoms with Crippen LogP contribution in [0, 0.1) is 0 Å². The summed E-state index contributed by atoms with van der Waals surface area (Å²) in [6, 6.07) is 9.47. The van der Waals surface area contributed by atoms with Crippen molar-refractivity contribution in [3.63, 3.8) is 0 Å². The molecule has 7 heteroatoms. The number of nitrogens with zero attached hydrogens (tertiary/aromatic N) is 4. The zero-order chi connectivity index (χ0) is 20.8. The fourth-order valence-corrected chi connectivity index (χ4v) is 3.53. The molecular weight excluding hydrogens is 388 g/mol. The second-order valence-electron chi connectivity index (χ2n) is 8.14. The molecule has 0 saturated carbocycles. The van der Waals surface area contributed by atoms with Crippen molar-refractivity contribution >= 4 is 17.7 Å². The molecule has 0 atom stereocenters. The van der Waals surface area contributed by atoms with Crippen LogP contribution in [-0.2, 0) is 12.8 Å². The highest BCUT2D eigenvalue weighted by Gasteiger charge is 2.31. The monoisotopic (exact) mass is 410 g/mol. The molecular formula is C22H23ClN4O2. The van der Waals surface area contributed by atoms with E-state index in [9.17, 15) is 4.79 Å². The fraction of sp³-hybridized carbons (Fsp3) is 0.318. The Morgan fingerprint density at radius 1 is 1.17 bits per heavy atom. The fourth-order valence-electron chi connectivity index (χ4n) is 3.34. The molecule has 0 fully saturated rings. The van der Waals surface area contributed by atoms with Crippen LogP contribution < -0.4 is 4.74 Å². The summed E-state index contributed by atoms with van der Waals surface area (Å²) in [6.45, 7) is 5.88. The van der Waals surface area contributed by atoms with Gasteiger partial charge < -0.3 is 9.64 Å². The van der Waals surface area contributed by atoms with Gasteiger partial charge in [-0.1, -0.05) is 17.7 Å². The van der Waals surface area contributed by atoms with Gasteiger partial charge in [0.05, 0.1) is 16.9 Å². The highest BCUT2D eigenvalue weighted by Crippen LogP contribution is 2.42. The first-order chi connectivity index (χ1) is 13.8. The number of rotatable bonds is 2. The van der Waals surface area contributed by atoms with Gasteiger partial charge in [0.2, 0.25) is 5.88 Å². The number of ether oxygens (including phenoxy) is 1. The minimum absolute atomic E-state index is 0.371. The zero-order valence-electron chi connectivity index (χ0n) is 16.9. The summed E-state index contributed by atoms with van der Waals surface area (Å²) in [6.07, 6.45) is 4.54. The van der Waals surface area contributed by atoms with Crippen molar-refractivity contribution in [2.45, 2.75) is 39.2 Å². The van der Waals surface area contributed by atoms with Crippen LogP contribution in [0.25, 0.3) is 16.8 Å². The van der Waals surface area contributed by atoms with Crippen molar-refractivity contribution in [1.29, 1.82) is 0 Å². The average molecular weight is 411 g/mol. The maximum Gasteiger partial charge on any atom is 0.416 e. The first-order valence-electron chi connectivity index (χ1n) is 9.52. The Kier molecular flexibility index (Phi) is 4.82. The number of pyridine rings is 1. The lowest BCUT2D eigenvalue weighted by Crippen LogP contribution is -2.44. The van der Waals surface area contributed by atoms with Gasteiger partial charge in [-0.2, -0.15) is 9.78 Å². The number of fused-ring (bicyclic) bond motifs is 3. The Balaban J connectivity index is 1.87. The third-order valence-corrected chi connectivity index (χ3v) is 5.49. The van der Waals surface area contributed by atoms with E-state index in [1.807, 2.05) is 51.1 Å². The Labute approximate surface area is 175 Å². The van der Waals surface area contributed by atoms with Crippen LogP contribution in [0.4, 0.5) is 4.79 Å². The van der Waals surface area contributed by atoms with Crippen LogP contribution in [0.5, 0.6) is 5.88 Å². The SMILES string of the molecule is CN(C(=O)Oc1c2c(nn1-c1ccncc1)CCc1cc(Cl)ccc1-2)C(C)(C)C. The van der Waals surface area contributed by atoms with Gasteiger partial charge in [0.15, 0.2) is 0 Å². The summed E-state index contributed by atoms with van der Waals surface area (Å²) in [5.74, 6) is 0.413. The predicted octanol–water partition coefficient (Wildman–Crippen LogP) is 4.92. The average Bonchev–Trinajstić information content (AvgIpc) is 3.05. The molecule has 0 bridgehead atoms. The number of benzene rings is 1. The molecule has 2 heterocycles. The molecule has 6 nitrogen and oxygen atoms in total. The van der Waals surface area contributed by atoms with Gasteiger partial charge in [-0.3, -0.25) is 4.98 Å². The van der Waals surface area contributed by atoms with Crippen LogP contribution in [0.15, 0.2) is 42.7 Å². The van der Waals surface area contributed by atoms with E-state index in [2.05, 4.69) is 4.98 Å². The second kappa shape index (κ2) is 7.19. The van der Waals surface area contributed by atoms with Crippen LogP contribution in [0.2, 0.25) is 5.02 Å².